The molecule has 9 heteroatoms. The van der Waals surface area contributed by atoms with E-state index in [1.807, 2.05) is 31.2 Å². The molecule has 34 heavy (non-hydrogen) atoms. The summed E-state index contributed by atoms with van der Waals surface area (Å²) in [5.41, 5.74) is 1.55. The summed E-state index contributed by atoms with van der Waals surface area (Å²) in [4.78, 5) is 12.7. The maximum atomic E-state index is 13.0. The number of carbonyl (C=O) groups is 1. The third kappa shape index (κ3) is 6.28. The quantitative estimate of drug-likeness (QED) is 0.544. The number of rotatable bonds is 10. The van der Waals surface area contributed by atoms with Gasteiger partial charge in [-0.2, -0.15) is 4.31 Å². The molecule has 0 aliphatic carbocycles. The van der Waals surface area contributed by atoms with Gasteiger partial charge in [0.1, 0.15) is 11.5 Å². The van der Waals surface area contributed by atoms with Gasteiger partial charge in [0.2, 0.25) is 10.0 Å². The summed E-state index contributed by atoms with van der Waals surface area (Å²) in [7, 11) is -3.71. The molecule has 0 saturated carbocycles. The van der Waals surface area contributed by atoms with Crippen molar-refractivity contribution in [1.82, 2.24) is 4.31 Å². The minimum atomic E-state index is -3.71. The second-order valence-corrected chi connectivity index (χ2v) is 10.6. The lowest BCUT2D eigenvalue weighted by Crippen LogP contribution is -2.40. The van der Waals surface area contributed by atoms with Crippen molar-refractivity contribution in [3.05, 3.63) is 48.0 Å². The van der Waals surface area contributed by atoms with Crippen LogP contribution >= 0.6 is 0 Å². The summed E-state index contributed by atoms with van der Waals surface area (Å²) in [5, 5.41) is 2.73. The highest BCUT2D eigenvalue weighted by molar-refractivity contribution is 7.89. The number of hydrogen-bond donors (Lipinski definition) is 1. The molecule has 0 aromatic heterocycles. The lowest BCUT2D eigenvalue weighted by atomic mass is 9.82. The summed E-state index contributed by atoms with van der Waals surface area (Å²) < 4.78 is 43.9. The monoisotopic (exact) mass is 490 g/mol. The largest absolute Gasteiger partial charge is 0.492 e. The number of benzene rings is 2. The first-order valence-electron chi connectivity index (χ1n) is 11.6. The van der Waals surface area contributed by atoms with Crippen LogP contribution < -0.4 is 14.8 Å². The van der Waals surface area contributed by atoms with Crippen molar-refractivity contribution < 1.29 is 27.4 Å². The molecule has 2 aromatic rings. The predicted molar refractivity (Wildman–Crippen MR) is 131 cm³/mol. The number of hydrogen-bond acceptors (Lipinski definition) is 6. The number of ether oxygens (including phenoxy) is 3. The zero-order valence-electron chi connectivity index (χ0n) is 20.3. The molecule has 1 N–H and O–H groups in total. The Morgan fingerprint density at radius 1 is 1.06 bits per heavy atom. The highest BCUT2D eigenvalue weighted by Crippen LogP contribution is 2.30. The van der Waals surface area contributed by atoms with Crippen LogP contribution in [0.5, 0.6) is 11.5 Å². The van der Waals surface area contributed by atoms with Crippen LogP contribution in [-0.2, 0) is 25.0 Å². The van der Waals surface area contributed by atoms with Gasteiger partial charge in [-0.25, -0.2) is 8.42 Å². The van der Waals surface area contributed by atoms with E-state index in [1.165, 1.54) is 22.0 Å². The van der Waals surface area contributed by atoms with Gasteiger partial charge in [0.05, 0.1) is 30.4 Å². The van der Waals surface area contributed by atoms with Gasteiger partial charge in [-0.15, -0.1) is 0 Å². The fraction of sp³-hybridized carbons (Fsp3) is 0.480. The summed E-state index contributed by atoms with van der Waals surface area (Å²) in [6.07, 6.45) is 1.01. The van der Waals surface area contributed by atoms with E-state index >= 15 is 0 Å². The Morgan fingerprint density at radius 3 is 2.35 bits per heavy atom. The lowest BCUT2D eigenvalue weighted by Gasteiger charge is -2.26. The molecule has 1 aliphatic rings. The Bertz CT molecular complexity index is 1080. The third-order valence-corrected chi connectivity index (χ3v) is 7.92. The van der Waals surface area contributed by atoms with Crippen molar-refractivity contribution in [2.45, 2.75) is 44.4 Å². The van der Waals surface area contributed by atoms with Crippen LogP contribution in [0.2, 0.25) is 0 Å². The van der Waals surface area contributed by atoms with Gasteiger partial charge in [-0.1, -0.05) is 32.9 Å². The molecule has 186 valence electrons. The van der Waals surface area contributed by atoms with Gasteiger partial charge in [-0.3, -0.25) is 4.79 Å². The fourth-order valence-electron chi connectivity index (χ4n) is 3.53. The standard InChI is InChI=1S/C25H34N2O6S/c1-5-25(3,4)19-7-9-20(10-8-19)33-18-24(28)26-22-17-21(11-12-23(22)32-6-2)34(29,30)27-13-15-31-16-14-27/h7-12,17H,5-6,13-16,18H2,1-4H3,(H,26,28). The third-order valence-electron chi connectivity index (χ3n) is 6.02. The summed E-state index contributed by atoms with van der Waals surface area (Å²) >= 11 is 0. The number of nitrogens with zero attached hydrogens (tertiary/aromatic N) is 1. The van der Waals surface area contributed by atoms with E-state index in [0.29, 0.717) is 44.4 Å². The van der Waals surface area contributed by atoms with Gasteiger partial charge < -0.3 is 19.5 Å². The fourth-order valence-corrected chi connectivity index (χ4v) is 4.96. The van der Waals surface area contributed by atoms with E-state index in [1.54, 1.807) is 6.07 Å². The smallest absolute Gasteiger partial charge is 0.262 e. The van der Waals surface area contributed by atoms with E-state index < -0.39 is 15.9 Å². The Kier molecular flexibility index (Phi) is 8.57. The Morgan fingerprint density at radius 2 is 1.74 bits per heavy atom. The van der Waals surface area contributed by atoms with Gasteiger partial charge >= 0.3 is 0 Å². The first-order valence-corrected chi connectivity index (χ1v) is 13.0. The molecule has 1 aliphatic heterocycles. The highest BCUT2D eigenvalue weighted by Gasteiger charge is 2.27. The van der Waals surface area contributed by atoms with Crippen LogP contribution in [0.4, 0.5) is 5.69 Å². The number of amides is 1. The van der Waals surface area contributed by atoms with Crippen LogP contribution in [0.25, 0.3) is 0 Å². The maximum Gasteiger partial charge on any atom is 0.262 e. The van der Waals surface area contributed by atoms with Gasteiger partial charge in [0, 0.05) is 13.1 Å². The van der Waals surface area contributed by atoms with Crippen molar-refractivity contribution in [3.63, 3.8) is 0 Å². The van der Waals surface area contributed by atoms with E-state index in [0.717, 1.165) is 6.42 Å². The Balaban J connectivity index is 1.70. The Hall–Kier alpha value is -2.62. The predicted octanol–water partition coefficient (Wildman–Crippen LogP) is 3.81. The van der Waals surface area contributed by atoms with Crippen molar-refractivity contribution in [2.75, 3.05) is 44.8 Å². The van der Waals surface area contributed by atoms with Crippen molar-refractivity contribution >= 4 is 21.6 Å². The minimum absolute atomic E-state index is 0.0676. The molecule has 1 amide bonds. The van der Waals surface area contributed by atoms with Crippen LogP contribution in [0.1, 0.15) is 39.7 Å². The van der Waals surface area contributed by atoms with Gasteiger partial charge in [-0.05, 0) is 54.7 Å². The highest BCUT2D eigenvalue weighted by atomic mass is 32.2. The van der Waals surface area contributed by atoms with Crippen molar-refractivity contribution in [2.24, 2.45) is 0 Å². The van der Waals surface area contributed by atoms with Crippen molar-refractivity contribution in [1.29, 1.82) is 0 Å². The molecule has 0 unspecified atom stereocenters. The van der Waals surface area contributed by atoms with Crippen LogP contribution in [0.3, 0.4) is 0 Å². The molecule has 0 spiro atoms. The average Bonchev–Trinajstić information content (AvgIpc) is 2.84. The average molecular weight is 491 g/mol. The lowest BCUT2D eigenvalue weighted by molar-refractivity contribution is -0.118. The summed E-state index contributed by atoms with van der Waals surface area (Å²) in [5.74, 6) is 0.558. The van der Waals surface area contributed by atoms with Crippen LogP contribution in [0.15, 0.2) is 47.4 Å². The van der Waals surface area contributed by atoms with Crippen molar-refractivity contribution in [3.8, 4) is 11.5 Å². The number of nitrogens with one attached hydrogen (secondary N) is 1. The van der Waals surface area contributed by atoms with Gasteiger partial charge in [0.15, 0.2) is 6.61 Å². The molecule has 8 nitrogen and oxygen atoms in total. The molecule has 1 heterocycles. The zero-order valence-corrected chi connectivity index (χ0v) is 21.1. The molecule has 2 aromatic carbocycles. The van der Waals surface area contributed by atoms with Crippen LogP contribution in [0, 0.1) is 0 Å². The van der Waals surface area contributed by atoms with E-state index in [-0.39, 0.29) is 22.6 Å². The van der Waals surface area contributed by atoms with E-state index in [2.05, 4.69) is 26.1 Å². The minimum Gasteiger partial charge on any atom is -0.492 e. The molecular formula is C25H34N2O6S. The topological polar surface area (TPSA) is 94.2 Å². The maximum absolute atomic E-state index is 13.0. The number of morpholine rings is 1. The molecule has 3 rings (SSSR count). The number of sulfonamides is 1. The molecule has 1 fully saturated rings. The molecule has 1 saturated heterocycles. The molecular weight excluding hydrogens is 456 g/mol. The van der Waals surface area contributed by atoms with E-state index in [9.17, 15) is 13.2 Å². The van der Waals surface area contributed by atoms with E-state index in [4.69, 9.17) is 14.2 Å². The number of anilines is 1. The molecule has 0 atom stereocenters. The normalized spacial score (nSPS) is 15.1. The van der Waals surface area contributed by atoms with Crippen LogP contribution in [-0.4, -0.2) is 58.1 Å². The molecule has 0 bridgehead atoms. The number of carbonyl (C=O) groups excluding carboxylic acids is 1. The summed E-state index contributed by atoms with van der Waals surface area (Å²) in [6.45, 7) is 9.76. The first-order chi connectivity index (χ1) is 16.2. The second kappa shape index (κ2) is 11.2. The first kappa shape index (κ1) is 26.0. The second-order valence-electron chi connectivity index (χ2n) is 8.71. The SMILES string of the molecule is CCOc1ccc(S(=O)(=O)N2CCOCC2)cc1NC(=O)COc1ccc(C(C)(C)CC)cc1. The molecule has 0 radical (unpaired) electrons. The van der Waals surface area contributed by atoms with Gasteiger partial charge in [0.25, 0.3) is 5.91 Å². The Labute approximate surface area is 202 Å². The summed E-state index contributed by atoms with van der Waals surface area (Å²) in [6, 6.07) is 12.2. The zero-order chi connectivity index (χ0) is 24.8.